The summed E-state index contributed by atoms with van der Waals surface area (Å²) in [5.74, 6) is -0.638. The molecule has 0 spiro atoms. The Labute approximate surface area is 134 Å². The van der Waals surface area contributed by atoms with Crippen molar-refractivity contribution in [3.8, 4) is 0 Å². The van der Waals surface area contributed by atoms with E-state index in [1.807, 2.05) is 24.3 Å². The van der Waals surface area contributed by atoms with Crippen LogP contribution in [-0.2, 0) is 9.59 Å². The number of halogens is 1. The zero-order valence-electron chi connectivity index (χ0n) is 12.3. The van der Waals surface area contributed by atoms with Crippen LogP contribution in [-0.4, -0.2) is 23.0 Å². The van der Waals surface area contributed by atoms with E-state index in [1.54, 1.807) is 0 Å². The number of hydrogen-bond donors (Lipinski definition) is 2. The molecule has 2 aliphatic rings. The fourth-order valence-electron chi connectivity index (χ4n) is 3.40. The predicted molar refractivity (Wildman–Crippen MR) is 83.8 cm³/mol. The lowest BCUT2D eigenvalue weighted by atomic mass is 9.86. The van der Waals surface area contributed by atoms with E-state index < -0.39 is 5.97 Å². The largest absolute Gasteiger partial charge is 0.481 e. The number of aliphatic carboxylic acids is 1. The Kier molecular flexibility index (Phi) is 4.39. The van der Waals surface area contributed by atoms with Crippen LogP contribution in [0.25, 0.3) is 0 Å². The summed E-state index contributed by atoms with van der Waals surface area (Å²) in [6.45, 7) is 0. The third kappa shape index (κ3) is 3.27. The second kappa shape index (κ2) is 6.29. The van der Waals surface area contributed by atoms with Crippen LogP contribution < -0.4 is 5.32 Å². The smallest absolute Gasteiger partial charge is 0.306 e. The first-order valence-electron chi connectivity index (χ1n) is 7.84. The number of carbonyl (C=O) groups excluding carboxylic acids is 1. The van der Waals surface area contributed by atoms with Crippen molar-refractivity contribution < 1.29 is 14.7 Å². The molecule has 22 heavy (non-hydrogen) atoms. The Morgan fingerprint density at radius 3 is 2.45 bits per heavy atom. The van der Waals surface area contributed by atoms with Crippen LogP contribution in [0.5, 0.6) is 0 Å². The summed E-state index contributed by atoms with van der Waals surface area (Å²) < 4.78 is 0. The second-order valence-electron chi connectivity index (χ2n) is 6.37. The third-order valence-electron chi connectivity index (χ3n) is 4.85. The Morgan fingerprint density at radius 1 is 1.14 bits per heavy atom. The van der Waals surface area contributed by atoms with Crippen molar-refractivity contribution in [1.82, 2.24) is 5.32 Å². The molecule has 1 amide bonds. The highest BCUT2D eigenvalue weighted by atomic mass is 35.5. The second-order valence-corrected chi connectivity index (χ2v) is 6.77. The fraction of sp³-hybridized carbons (Fsp3) is 0.529. The van der Waals surface area contributed by atoms with Gasteiger partial charge in [0.2, 0.25) is 5.91 Å². The summed E-state index contributed by atoms with van der Waals surface area (Å²) >= 11 is 6.18. The number of carboxylic acid groups (broad SMARTS) is 1. The molecule has 118 valence electrons. The van der Waals surface area contributed by atoms with Crippen LogP contribution in [0.4, 0.5) is 0 Å². The maximum atomic E-state index is 12.3. The van der Waals surface area contributed by atoms with E-state index in [0.29, 0.717) is 12.8 Å². The summed E-state index contributed by atoms with van der Waals surface area (Å²) in [7, 11) is 0. The number of nitrogens with one attached hydrogen (secondary N) is 1. The van der Waals surface area contributed by atoms with E-state index in [9.17, 15) is 9.59 Å². The minimum atomic E-state index is -0.717. The van der Waals surface area contributed by atoms with Gasteiger partial charge < -0.3 is 10.4 Å². The van der Waals surface area contributed by atoms with Gasteiger partial charge in [-0.3, -0.25) is 9.59 Å². The maximum Gasteiger partial charge on any atom is 0.306 e. The summed E-state index contributed by atoms with van der Waals surface area (Å²) in [5.41, 5.74) is 1.05. The van der Waals surface area contributed by atoms with Crippen LogP contribution in [0.3, 0.4) is 0 Å². The molecule has 2 N–H and O–H groups in total. The first-order valence-corrected chi connectivity index (χ1v) is 8.21. The summed E-state index contributed by atoms with van der Waals surface area (Å²) in [6, 6.07) is 7.80. The number of carbonyl (C=O) groups is 2. The molecule has 0 unspecified atom stereocenters. The summed E-state index contributed by atoms with van der Waals surface area (Å²) in [5, 5.41) is 12.8. The molecule has 0 heterocycles. The Hall–Kier alpha value is -1.55. The van der Waals surface area contributed by atoms with Crippen molar-refractivity contribution in [3.63, 3.8) is 0 Å². The van der Waals surface area contributed by atoms with Crippen LogP contribution in [0, 0.1) is 11.8 Å². The minimum absolute atomic E-state index is 0.0112. The zero-order chi connectivity index (χ0) is 15.7. The molecular formula is C17H20ClNO3. The molecule has 1 aromatic carbocycles. The van der Waals surface area contributed by atoms with Gasteiger partial charge in [-0.1, -0.05) is 29.8 Å². The molecule has 0 aliphatic heterocycles. The molecule has 5 heteroatoms. The quantitative estimate of drug-likeness (QED) is 0.895. The minimum Gasteiger partial charge on any atom is -0.481 e. The molecule has 2 fully saturated rings. The average Bonchev–Trinajstić information content (AvgIpc) is 3.28. The van der Waals surface area contributed by atoms with E-state index in [-0.39, 0.29) is 29.7 Å². The highest BCUT2D eigenvalue weighted by Gasteiger charge is 2.45. The highest BCUT2D eigenvalue weighted by Crippen LogP contribution is 2.49. The summed E-state index contributed by atoms with van der Waals surface area (Å²) in [4.78, 5) is 23.2. The lowest BCUT2D eigenvalue weighted by Gasteiger charge is -2.26. The van der Waals surface area contributed by atoms with Gasteiger partial charge in [0.1, 0.15) is 0 Å². The number of amides is 1. The molecule has 2 saturated carbocycles. The molecule has 2 atom stereocenters. The molecule has 0 bridgehead atoms. The fourth-order valence-corrected chi connectivity index (χ4v) is 3.67. The average molecular weight is 322 g/mol. The molecule has 0 radical (unpaired) electrons. The molecule has 1 aromatic rings. The third-order valence-corrected chi connectivity index (χ3v) is 5.20. The van der Waals surface area contributed by atoms with Crippen molar-refractivity contribution in [3.05, 3.63) is 34.9 Å². The van der Waals surface area contributed by atoms with Gasteiger partial charge in [0.15, 0.2) is 0 Å². The van der Waals surface area contributed by atoms with Gasteiger partial charge in [0.05, 0.1) is 5.92 Å². The van der Waals surface area contributed by atoms with Gasteiger partial charge in [0, 0.05) is 17.0 Å². The molecule has 4 nitrogen and oxygen atoms in total. The predicted octanol–water partition coefficient (Wildman–Crippen LogP) is 3.20. The Bertz CT molecular complexity index is 581. The van der Waals surface area contributed by atoms with Crippen LogP contribution >= 0.6 is 11.6 Å². The molecule has 0 aromatic heterocycles. The van der Waals surface area contributed by atoms with Crippen molar-refractivity contribution in [2.24, 2.45) is 11.8 Å². The molecule has 3 rings (SSSR count). The molecule has 0 saturated heterocycles. The molecule has 2 aliphatic carbocycles. The first kappa shape index (κ1) is 15.3. The lowest BCUT2D eigenvalue weighted by molar-refractivity contribution is -0.142. The van der Waals surface area contributed by atoms with Gasteiger partial charge in [-0.2, -0.15) is 0 Å². The highest BCUT2D eigenvalue weighted by molar-refractivity contribution is 6.31. The Balaban J connectivity index is 1.50. The number of carboxylic acids is 1. The van der Waals surface area contributed by atoms with Crippen molar-refractivity contribution >= 4 is 23.5 Å². The summed E-state index contributed by atoms with van der Waals surface area (Å²) in [6.07, 6.45) is 3.66. The van der Waals surface area contributed by atoms with E-state index >= 15 is 0 Å². The standard InChI is InChI=1S/C17H20ClNO3/c18-15-4-2-1-3-12(15)13-9-14(13)16(20)19-11-7-5-10(6-8-11)17(21)22/h1-4,10-11,13-14H,5-9H2,(H,19,20)(H,21,22)/t10?,11?,13-,14+/m1/s1. The molecular weight excluding hydrogens is 302 g/mol. The zero-order valence-corrected chi connectivity index (χ0v) is 13.1. The van der Waals surface area contributed by atoms with Crippen molar-refractivity contribution in [1.29, 1.82) is 0 Å². The first-order chi connectivity index (χ1) is 10.6. The number of benzene rings is 1. The van der Waals surface area contributed by atoms with Gasteiger partial charge in [0.25, 0.3) is 0 Å². The van der Waals surface area contributed by atoms with Crippen molar-refractivity contribution in [2.75, 3.05) is 0 Å². The van der Waals surface area contributed by atoms with E-state index in [1.165, 1.54) is 0 Å². The van der Waals surface area contributed by atoms with Gasteiger partial charge in [-0.25, -0.2) is 0 Å². The van der Waals surface area contributed by atoms with Gasteiger partial charge in [-0.05, 0) is 49.7 Å². The van der Waals surface area contributed by atoms with E-state index in [4.69, 9.17) is 16.7 Å². The van der Waals surface area contributed by atoms with Gasteiger partial charge in [-0.15, -0.1) is 0 Å². The van der Waals surface area contributed by atoms with Crippen molar-refractivity contribution in [2.45, 2.75) is 44.1 Å². The van der Waals surface area contributed by atoms with E-state index in [0.717, 1.165) is 29.8 Å². The topological polar surface area (TPSA) is 66.4 Å². The van der Waals surface area contributed by atoms with Crippen LogP contribution in [0.15, 0.2) is 24.3 Å². The normalized spacial score (nSPS) is 30.6. The maximum absolute atomic E-state index is 12.3. The Morgan fingerprint density at radius 2 is 1.82 bits per heavy atom. The number of rotatable bonds is 4. The SMILES string of the molecule is O=C(O)C1CCC(NC(=O)[C@H]2C[C@@H]2c2ccccc2Cl)CC1. The number of hydrogen-bond acceptors (Lipinski definition) is 2. The van der Waals surface area contributed by atoms with E-state index in [2.05, 4.69) is 5.32 Å². The monoisotopic (exact) mass is 321 g/mol. The van der Waals surface area contributed by atoms with Crippen LogP contribution in [0.2, 0.25) is 5.02 Å². The van der Waals surface area contributed by atoms with Gasteiger partial charge >= 0.3 is 5.97 Å². The lowest BCUT2D eigenvalue weighted by Crippen LogP contribution is -2.39. The van der Waals surface area contributed by atoms with Crippen LogP contribution in [0.1, 0.15) is 43.6 Å².